The maximum atomic E-state index is 17.1. The lowest BCUT2D eigenvalue weighted by molar-refractivity contribution is -0.126. The molecule has 40 heavy (non-hydrogen) atoms. The lowest BCUT2D eigenvalue weighted by atomic mass is 9.89. The molecule has 3 N–H and O–H groups in total. The van der Waals surface area contributed by atoms with E-state index >= 15 is 4.39 Å². The van der Waals surface area contributed by atoms with E-state index in [0.29, 0.717) is 6.54 Å². The number of hydrogen-bond acceptors (Lipinski definition) is 5. The Morgan fingerprint density at radius 3 is 1.88 bits per heavy atom. The van der Waals surface area contributed by atoms with Crippen molar-refractivity contribution in [3.63, 3.8) is 0 Å². The molecule has 2 aromatic carbocycles. The highest BCUT2D eigenvalue weighted by Gasteiger charge is 2.52. The predicted octanol–water partition coefficient (Wildman–Crippen LogP) is 8.06. The minimum atomic E-state index is -2.61. The lowest BCUT2D eigenvalue weighted by Gasteiger charge is -2.37. The van der Waals surface area contributed by atoms with Crippen LogP contribution in [0.1, 0.15) is 127 Å². The van der Waals surface area contributed by atoms with E-state index in [9.17, 15) is 4.79 Å². The second-order valence-electron chi connectivity index (χ2n) is 11.6. The number of hydrogen-bond donors (Lipinski definition) is 2. The van der Waals surface area contributed by atoms with Crippen LogP contribution >= 0.6 is 0 Å². The number of amidine groups is 1. The van der Waals surface area contributed by atoms with Crippen LogP contribution in [0.5, 0.6) is 0 Å². The highest BCUT2D eigenvalue weighted by molar-refractivity contribution is 6.17. The van der Waals surface area contributed by atoms with Gasteiger partial charge in [0.25, 0.3) is 11.6 Å². The highest BCUT2D eigenvalue weighted by Crippen LogP contribution is 2.41. The molecule has 0 spiro atoms. The van der Waals surface area contributed by atoms with E-state index in [1.54, 1.807) is 35.3 Å². The fraction of sp³-hybridized carbons (Fsp3) is 0.576. The number of halogens is 1. The topological polar surface area (TPSA) is 74.0 Å². The summed E-state index contributed by atoms with van der Waals surface area (Å²) in [4.78, 5) is 12.9. The van der Waals surface area contributed by atoms with Gasteiger partial charge in [-0.15, -0.1) is 10.2 Å². The molecule has 2 aromatic rings. The molecule has 0 radical (unpaired) electrons. The fourth-order valence-corrected chi connectivity index (χ4v) is 5.47. The van der Waals surface area contributed by atoms with Crippen LogP contribution in [0, 0.1) is 0 Å². The zero-order chi connectivity index (χ0) is 29.1. The zero-order valence-corrected chi connectivity index (χ0v) is 25.3. The maximum Gasteiger partial charge on any atom is 0.273 e. The van der Waals surface area contributed by atoms with E-state index in [1.165, 1.54) is 51.4 Å². The second-order valence-corrected chi connectivity index (χ2v) is 11.6. The van der Waals surface area contributed by atoms with Gasteiger partial charge in [0.15, 0.2) is 5.84 Å². The van der Waals surface area contributed by atoms with Gasteiger partial charge in [-0.1, -0.05) is 141 Å². The normalized spacial score (nSPS) is 15.4. The molecule has 1 amide bonds. The van der Waals surface area contributed by atoms with Crippen molar-refractivity contribution in [2.45, 2.75) is 116 Å². The molecule has 0 aliphatic carbocycles. The first-order valence-corrected chi connectivity index (χ1v) is 15.3. The number of benzene rings is 2. The molecule has 1 unspecified atom stereocenters. The Kier molecular flexibility index (Phi) is 12.0. The van der Waals surface area contributed by atoms with E-state index in [1.807, 2.05) is 5.12 Å². The minimum Gasteiger partial charge on any atom is -0.366 e. The van der Waals surface area contributed by atoms with Gasteiger partial charge in [0, 0.05) is 12.1 Å². The smallest absolute Gasteiger partial charge is 0.273 e. The molecule has 0 bridgehead atoms. The van der Waals surface area contributed by atoms with E-state index in [0.717, 1.165) is 29.7 Å². The van der Waals surface area contributed by atoms with E-state index in [4.69, 9.17) is 5.73 Å². The second kappa shape index (κ2) is 15.2. The highest BCUT2D eigenvalue weighted by atomic mass is 19.1. The van der Waals surface area contributed by atoms with Crippen molar-refractivity contribution in [1.82, 2.24) is 10.7 Å². The van der Waals surface area contributed by atoms with E-state index < -0.39 is 11.6 Å². The van der Waals surface area contributed by atoms with Crippen molar-refractivity contribution in [3.8, 4) is 0 Å². The predicted molar refractivity (Wildman–Crippen MR) is 165 cm³/mol. The van der Waals surface area contributed by atoms with Crippen LogP contribution in [0.4, 0.5) is 10.1 Å². The number of carbonyl (C=O) groups is 1. The largest absolute Gasteiger partial charge is 0.366 e. The van der Waals surface area contributed by atoms with Crippen LogP contribution in [-0.4, -0.2) is 23.4 Å². The number of rotatable bonds is 17. The van der Waals surface area contributed by atoms with Crippen molar-refractivity contribution in [2.75, 3.05) is 11.6 Å². The van der Waals surface area contributed by atoms with Crippen LogP contribution in [0.3, 0.4) is 0 Å². The third-order valence-corrected chi connectivity index (χ3v) is 7.81. The van der Waals surface area contributed by atoms with Crippen LogP contribution in [0.15, 0.2) is 53.6 Å². The quantitative estimate of drug-likeness (QED) is 0.195. The van der Waals surface area contributed by atoms with Gasteiger partial charge in [-0.2, -0.15) is 0 Å². The molecular formula is C33H50FN5O. The van der Waals surface area contributed by atoms with Crippen LogP contribution in [-0.2, 0) is 10.5 Å². The molecule has 0 fully saturated rings. The number of anilines is 1. The average molecular weight is 552 g/mol. The fourth-order valence-electron chi connectivity index (χ4n) is 5.47. The Balaban J connectivity index is 1.88. The third kappa shape index (κ3) is 7.42. The lowest BCUT2D eigenvalue weighted by Crippen LogP contribution is -2.55. The van der Waals surface area contributed by atoms with Crippen molar-refractivity contribution in [2.24, 2.45) is 10.8 Å². The summed E-state index contributed by atoms with van der Waals surface area (Å²) in [7, 11) is 0. The molecule has 1 heterocycles. The average Bonchev–Trinajstić information content (AvgIpc) is 3.37. The van der Waals surface area contributed by atoms with Crippen LogP contribution < -0.4 is 16.3 Å². The molecule has 6 nitrogen and oxygen atoms in total. The first-order chi connectivity index (χ1) is 19.2. The number of nitrogens with zero attached hydrogens (tertiary/aromatic N) is 3. The summed E-state index contributed by atoms with van der Waals surface area (Å²) in [5.41, 5.74) is 9.40. The first kappa shape index (κ1) is 31.6. The standard InChI is InChI=1S/C33H50FN5O/c1-6-7-8-9-10-11-12-13-14-18-24-38-37-36-32(33(34,31(35)40)27-20-16-15-17-21-27)39(38)30-28(25(2)3)22-19-23-29(30)26(4)5/h15-17,19-23,25-26,37H,6-14,18,24H2,1-5H3,(H2,35,40). The van der Waals surface area contributed by atoms with E-state index in [2.05, 4.69) is 63.5 Å². The van der Waals surface area contributed by atoms with Gasteiger partial charge in [-0.3, -0.25) is 4.79 Å². The number of amides is 1. The molecule has 0 saturated carbocycles. The minimum absolute atomic E-state index is 0.0479. The Morgan fingerprint density at radius 2 is 1.38 bits per heavy atom. The molecule has 1 atom stereocenters. The van der Waals surface area contributed by atoms with Gasteiger partial charge in [-0.05, 0) is 29.4 Å². The molecular weight excluding hydrogens is 501 g/mol. The Bertz CT molecular complexity index is 1080. The first-order valence-electron chi connectivity index (χ1n) is 15.3. The van der Waals surface area contributed by atoms with E-state index in [-0.39, 0.29) is 23.2 Å². The summed E-state index contributed by atoms with van der Waals surface area (Å²) in [5, 5.41) is 8.09. The number of unbranched alkanes of at least 4 members (excludes halogenated alkanes) is 9. The van der Waals surface area contributed by atoms with Gasteiger partial charge in [0.05, 0.1) is 5.69 Å². The monoisotopic (exact) mass is 551 g/mol. The van der Waals surface area contributed by atoms with Gasteiger partial charge < -0.3 is 5.73 Å². The third-order valence-electron chi connectivity index (χ3n) is 7.81. The summed E-state index contributed by atoms with van der Waals surface area (Å²) < 4.78 is 17.1. The number of carbonyl (C=O) groups excluding carboxylic acids is 1. The molecule has 0 aromatic heterocycles. The number of primary amides is 1. The molecule has 0 saturated heterocycles. The van der Waals surface area contributed by atoms with Gasteiger partial charge in [0.1, 0.15) is 0 Å². The van der Waals surface area contributed by atoms with Gasteiger partial charge in [-0.25, -0.2) is 14.9 Å². The van der Waals surface area contributed by atoms with Crippen molar-refractivity contribution >= 4 is 17.4 Å². The van der Waals surface area contributed by atoms with Gasteiger partial charge >= 0.3 is 0 Å². The number of alkyl halides is 1. The molecule has 3 rings (SSSR count). The Hall–Kier alpha value is -2.93. The summed E-state index contributed by atoms with van der Waals surface area (Å²) in [6, 6.07) is 14.6. The van der Waals surface area contributed by atoms with Crippen molar-refractivity contribution in [1.29, 1.82) is 0 Å². The van der Waals surface area contributed by atoms with Crippen LogP contribution in [0.2, 0.25) is 0 Å². The molecule has 7 heteroatoms. The Labute approximate surface area is 241 Å². The summed E-state index contributed by atoms with van der Waals surface area (Å²) >= 11 is 0. The summed E-state index contributed by atoms with van der Waals surface area (Å²) in [6.07, 6.45) is 12.3. The number of para-hydroxylation sites is 1. The van der Waals surface area contributed by atoms with Crippen molar-refractivity contribution < 1.29 is 9.18 Å². The number of nitrogens with one attached hydrogen (secondary N) is 1. The molecule has 1 aliphatic heterocycles. The molecule has 1 aliphatic rings. The summed E-state index contributed by atoms with van der Waals surface area (Å²) in [6.45, 7) is 11.4. The number of hydrazine groups is 2. The number of hydrazone groups is 1. The number of nitrogens with two attached hydrogens (primary N) is 1. The van der Waals surface area contributed by atoms with Crippen molar-refractivity contribution in [3.05, 3.63) is 65.2 Å². The van der Waals surface area contributed by atoms with Gasteiger partial charge in [0.2, 0.25) is 0 Å². The van der Waals surface area contributed by atoms with Crippen LogP contribution in [0.25, 0.3) is 0 Å². The zero-order valence-electron chi connectivity index (χ0n) is 25.3. The summed E-state index contributed by atoms with van der Waals surface area (Å²) in [5.74, 6) is -0.783. The molecule has 220 valence electrons. The maximum absolute atomic E-state index is 17.1. The SMILES string of the molecule is CCCCCCCCCCCCN1NN=C(C(F)(C(N)=O)c2ccccc2)N1c1c(C(C)C)cccc1C(C)C. The Morgan fingerprint density at radius 1 is 0.850 bits per heavy atom.